The van der Waals surface area contributed by atoms with Crippen LogP contribution < -0.4 is 10.1 Å². The van der Waals surface area contributed by atoms with Crippen LogP contribution in [0.25, 0.3) is 0 Å². The molecule has 0 bridgehead atoms. The zero-order valence-corrected chi connectivity index (χ0v) is 12.8. The van der Waals surface area contributed by atoms with Crippen LogP contribution in [0.15, 0.2) is 48.5 Å². The molecule has 4 heteroatoms. The van der Waals surface area contributed by atoms with E-state index in [0.717, 1.165) is 21.9 Å². The number of rotatable bonds is 7. The molecule has 2 aromatic rings. The number of nitrogens with one attached hydrogen (secondary N) is 1. The van der Waals surface area contributed by atoms with Gasteiger partial charge in [0.1, 0.15) is 18.5 Å². The molecule has 0 fully saturated rings. The first-order valence-corrected chi connectivity index (χ1v) is 7.34. The molecule has 1 atom stereocenters. The van der Waals surface area contributed by atoms with Gasteiger partial charge in [-0.2, -0.15) is 0 Å². The summed E-state index contributed by atoms with van der Waals surface area (Å²) in [6, 6.07) is 15.4. The van der Waals surface area contributed by atoms with Crippen LogP contribution in [0.2, 0.25) is 5.02 Å². The van der Waals surface area contributed by atoms with Gasteiger partial charge in [-0.1, -0.05) is 35.9 Å². The van der Waals surface area contributed by atoms with Gasteiger partial charge in [0.2, 0.25) is 0 Å². The Hall–Kier alpha value is -1.55. The first kappa shape index (κ1) is 15.8. The van der Waals surface area contributed by atoms with Crippen molar-refractivity contribution in [2.75, 3.05) is 13.2 Å². The van der Waals surface area contributed by atoms with Gasteiger partial charge in [0.05, 0.1) is 0 Å². The first-order valence-electron chi connectivity index (χ1n) is 6.96. The van der Waals surface area contributed by atoms with Gasteiger partial charge in [0, 0.05) is 18.1 Å². The summed E-state index contributed by atoms with van der Waals surface area (Å²) >= 11 is 5.92. The van der Waals surface area contributed by atoms with Crippen molar-refractivity contribution in [3.63, 3.8) is 0 Å². The standard InChI is InChI=1S/C17H20ClNO2/c1-13-4-2-7-17(8-13)21-12-16(20)11-19-10-14-5-3-6-15(18)9-14/h2-9,16,19-20H,10-12H2,1H3. The number of aliphatic hydroxyl groups excluding tert-OH is 1. The van der Waals surface area contributed by atoms with E-state index < -0.39 is 6.10 Å². The average molecular weight is 306 g/mol. The van der Waals surface area contributed by atoms with E-state index >= 15 is 0 Å². The van der Waals surface area contributed by atoms with Crippen LogP contribution in [0, 0.1) is 6.92 Å². The fraction of sp³-hybridized carbons (Fsp3) is 0.294. The topological polar surface area (TPSA) is 41.5 Å². The zero-order valence-electron chi connectivity index (χ0n) is 12.1. The Kier molecular flexibility index (Phi) is 6.05. The van der Waals surface area contributed by atoms with Crippen molar-refractivity contribution < 1.29 is 9.84 Å². The molecule has 0 heterocycles. The Morgan fingerprint density at radius 2 is 2.00 bits per heavy atom. The van der Waals surface area contributed by atoms with Crippen LogP contribution >= 0.6 is 11.6 Å². The molecule has 0 amide bonds. The van der Waals surface area contributed by atoms with Crippen molar-refractivity contribution in [3.8, 4) is 5.75 Å². The fourth-order valence-electron chi connectivity index (χ4n) is 1.99. The van der Waals surface area contributed by atoms with E-state index in [1.807, 2.05) is 55.5 Å². The number of aryl methyl sites for hydroxylation is 1. The minimum Gasteiger partial charge on any atom is -0.491 e. The van der Waals surface area contributed by atoms with Gasteiger partial charge in [-0.3, -0.25) is 0 Å². The predicted octanol–water partition coefficient (Wildman–Crippen LogP) is 3.18. The minimum absolute atomic E-state index is 0.270. The summed E-state index contributed by atoms with van der Waals surface area (Å²) in [7, 11) is 0. The lowest BCUT2D eigenvalue weighted by atomic mass is 10.2. The van der Waals surface area contributed by atoms with E-state index in [0.29, 0.717) is 13.1 Å². The van der Waals surface area contributed by atoms with E-state index in [2.05, 4.69) is 5.32 Å². The summed E-state index contributed by atoms with van der Waals surface area (Å²) < 4.78 is 5.56. The maximum Gasteiger partial charge on any atom is 0.119 e. The highest BCUT2D eigenvalue weighted by atomic mass is 35.5. The van der Waals surface area contributed by atoms with E-state index in [4.69, 9.17) is 16.3 Å². The van der Waals surface area contributed by atoms with Gasteiger partial charge in [0.15, 0.2) is 0 Å². The summed E-state index contributed by atoms with van der Waals surface area (Å²) in [6.07, 6.45) is -0.551. The molecule has 0 saturated heterocycles. The highest BCUT2D eigenvalue weighted by Gasteiger charge is 2.05. The molecule has 0 aliphatic rings. The Morgan fingerprint density at radius 3 is 2.76 bits per heavy atom. The molecular formula is C17H20ClNO2. The first-order chi connectivity index (χ1) is 10.1. The van der Waals surface area contributed by atoms with Crippen LogP contribution in [0.4, 0.5) is 0 Å². The Balaban J connectivity index is 1.69. The van der Waals surface area contributed by atoms with Gasteiger partial charge in [-0.15, -0.1) is 0 Å². The van der Waals surface area contributed by atoms with Gasteiger partial charge < -0.3 is 15.2 Å². The quantitative estimate of drug-likeness (QED) is 0.825. The number of ether oxygens (including phenoxy) is 1. The Bertz CT molecular complexity index is 574. The smallest absolute Gasteiger partial charge is 0.119 e. The third-order valence-corrected chi connectivity index (χ3v) is 3.27. The molecule has 0 aliphatic carbocycles. The molecule has 0 radical (unpaired) electrons. The normalized spacial score (nSPS) is 12.1. The number of aliphatic hydroxyl groups is 1. The van der Waals surface area contributed by atoms with Crippen molar-refractivity contribution in [2.24, 2.45) is 0 Å². The Morgan fingerprint density at radius 1 is 1.19 bits per heavy atom. The molecule has 0 saturated carbocycles. The third kappa shape index (κ3) is 5.76. The molecule has 112 valence electrons. The summed E-state index contributed by atoms with van der Waals surface area (Å²) in [5.41, 5.74) is 2.23. The number of halogens is 1. The molecule has 0 aromatic heterocycles. The van der Waals surface area contributed by atoms with Crippen LogP contribution in [0.5, 0.6) is 5.75 Å². The van der Waals surface area contributed by atoms with E-state index in [1.54, 1.807) is 0 Å². The molecule has 2 aromatic carbocycles. The van der Waals surface area contributed by atoms with Gasteiger partial charge in [0.25, 0.3) is 0 Å². The number of benzene rings is 2. The van der Waals surface area contributed by atoms with Crippen LogP contribution in [0.3, 0.4) is 0 Å². The van der Waals surface area contributed by atoms with Crippen LogP contribution in [-0.2, 0) is 6.54 Å². The maximum absolute atomic E-state index is 9.90. The van der Waals surface area contributed by atoms with Crippen molar-refractivity contribution in [3.05, 3.63) is 64.7 Å². The van der Waals surface area contributed by atoms with E-state index in [-0.39, 0.29) is 6.61 Å². The molecule has 2 rings (SSSR count). The van der Waals surface area contributed by atoms with Crippen molar-refractivity contribution >= 4 is 11.6 Å². The highest BCUT2D eigenvalue weighted by molar-refractivity contribution is 6.30. The van der Waals surface area contributed by atoms with Crippen molar-refractivity contribution in [1.29, 1.82) is 0 Å². The molecular weight excluding hydrogens is 286 g/mol. The fourth-order valence-corrected chi connectivity index (χ4v) is 2.20. The SMILES string of the molecule is Cc1cccc(OCC(O)CNCc2cccc(Cl)c2)c1. The molecule has 1 unspecified atom stereocenters. The number of hydrogen-bond donors (Lipinski definition) is 2. The second kappa shape index (κ2) is 8.03. The summed E-state index contributed by atoms with van der Waals surface area (Å²) in [5.74, 6) is 0.781. The predicted molar refractivity (Wildman–Crippen MR) is 85.8 cm³/mol. The lowest BCUT2D eigenvalue weighted by Gasteiger charge is -2.13. The molecule has 21 heavy (non-hydrogen) atoms. The molecule has 2 N–H and O–H groups in total. The third-order valence-electron chi connectivity index (χ3n) is 3.03. The lowest BCUT2D eigenvalue weighted by Crippen LogP contribution is -2.31. The van der Waals surface area contributed by atoms with E-state index in [9.17, 15) is 5.11 Å². The zero-order chi connectivity index (χ0) is 15.1. The maximum atomic E-state index is 9.90. The second-order valence-corrected chi connectivity index (χ2v) is 5.48. The number of hydrogen-bond acceptors (Lipinski definition) is 3. The Labute approximate surface area is 130 Å². The van der Waals surface area contributed by atoms with Crippen molar-refractivity contribution in [1.82, 2.24) is 5.32 Å². The van der Waals surface area contributed by atoms with E-state index in [1.165, 1.54) is 0 Å². The molecule has 0 spiro atoms. The summed E-state index contributed by atoms with van der Waals surface area (Å²) in [6.45, 7) is 3.42. The molecule has 0 aliphatic heterocycles. The van der Waals surface area contributed by atoms with Gasteiger partial charge >= 0.3 is 0 Å². The lowest BCUT2D eigenvalue weighted by molar-refractivity contribution is 0.106. The monoisotopic (exact) mass is 305 g/mol. The largest absolute Gasteiger partial charge is 0.491 e. The summed E-state index contributed by atoms with van der Waals surface area (Å²) in [5, 5.41) is 13.8. The summed E-state index contributed by atoms with van der Waals surface area (Å²) in [4.78, 5) is 0. The average Bonchev–Trinajstić information content (AvgIpc) is 2.45. The van der Waals surface area contributed by atoms with Gasteiger partial charge in [-0.05, 0) is 42.3 Å². The van der Waals surface area contributed by atoms with Crippen molar-refractivity contribution in [2.45, 2.75) is 19.6 Å². The minimum atomic E-state index is -0.551. The van der Waals surface area contributed by atoms with Gasteiger partial charge in [-0.25, -0.2) is 0 Å². The van der Waals surface area contributed by atoms with Crippen LogP contribution in [0.1, 0.15) is 11.1 Å². The highest BCUT2D eigenvalue weighted by Crippen LogP contribution is 2.12. The second-order valence-electron chi connectivity index (χ2n) is 5.04. The van der Waals surface area contributed by atoms with Crippen LogP contribution in [-0.4, -0.2) is 24.4 Å². The molecule has 3 nitrogen and oxygen atoms in total.